The van der Waals surface area contributed by atoms with E-state index >= 15 is 0 Å². The van der Waals surface area contributed by atoms with Crippen molar-refractivity contribution in [1.29, 1.82) is 0 Å². The highest BCUT2D eigenvalue weighted by molar-refractivity contribution is 6.46. The van der Waals surface area contributed by atoms with Crippen molar-refractivity contribution in [2.45, 2.75) is 6.04 Å². The molecule has 1 aliphatic heterocycles. The number of carbonyl (C=O) groups excluding carboxylic acids is 2. The van der Waals surface area contributed by atoms with Crippen LogP contribution in [0.15, 0.2) is 48.0 Å². The van der Waals surface area contributed by atoms with Gasteiger partial charge in [0.1, 0.15) is 11.5 Å². The van der Waals surface area contributed by atoms with Gasteiger partial charge < -0.3 is 29.7 Å². The fourth-order valence-electron chi connectivity index (χ4n) is 3.36. The lowest BCUT2D eigenvalue weighted by molar-refractivity contribution is -0.140. The number of amides is 1. The first-order valence-electron chi connectivity index (χ1n) is 8.83. The number of nitrogens with zero attached hydrogens (tertiary/aromatic N) is 1. The summed E-state index contributed by atoms with van der Waals surface area (Å²) in [5.41, 5.74) is 0.673. The Kier molecular flexibility index (Phi) is 5.74. The molecule has 0 saturated carbocycles. The maximum atomic E-state index is 12.7. The average Bonchev–Trinajstić information content (AvgIpc) is 2.98. The summed E-state index contributed by atoms with van der Waals surface area (Å²) in [5, 5.41) is 29.8. The highest BCUT2D eigenvalue weighted by Crippen LogP contribution is 2.40. The lowest BCUT2D eigenvalue weighted by Crippen LogP contribution is -2.32. The standard InChI is InChI=1S/C21H21NO7/c1-28-15-8-5-13(11-16(15)29-2)19(25)17-18(12-3-6-14(24)7-4-12)22(9-10-23)21(27)20(17)26/h3-8,11,18,23-25H,9-10H2,1-2H3/t18-/m1/s1. The molecule has 1 aliphatic rings. The minimum atomic E-state index is -0.907. The van der Waals surface area contributed by atoms with Crippen LogP contribution in [0.25, 0.3) is 5.76 Å². The number of phenols is 1. The summed E-state index contributed by atoms with van der Waals surface area (Å²) in [4.78, 5) is 26.5. The van der Waals surface area contributed by atoms with E-state index in [2.05, 4.69) is 0 Å². The van der Waals surface area contributed by atoms with Gasteiger partial charge in [0.15, 0.2) is 11.5 Å². The number of ether oxygens (including phenoxy) is 2. The van der Waals surface area contributed by atoms with Crippen molar-refractivity contribution in [3.63, 3.8) is 0 Å². The lowest BCUT2D eigenvalue weighted by atomic mass is 9.95. The summed E-state index contributed by atoms with van der Waals surface area (Å²) in [6, 6.07) is 9.67. The van der Waals surface area contributed by atoms with E-state index in [4.69, 9.17) is 9.47 Å². The molecule has 3 N–H and O–H groups in total. The molecule has 1 heterocycles. The molecular weight excluding hydrogens is 378 g/mol. The molecule has 0 radical (unpaired) electrons. The first-order valence-corrected chi connectivity index (χ1v) is 8.83. The smallest absolute Gasteiger partial charge is 0.295 e. The Bertz CT molecular complexity index is 965. The molecule has 0 aliphatic carbocycles. The highest BCUT2D eigenvalue weighted by atomic mass is 16.5. The maximum Gasteiger partial charge on any atom is 0.295 e. The number of likely N-dealkylation sites (tertiary alicyclic amines) is 1. The number of rotatable bonds is 6. The quantitative estimate of drug-likeness (QED) is 0.385. The van der Waals surface area contributed by atoms with Crippen molar-refractivity contribution in [3.8, 4) is 17.2 Å². The monoisotopic (exact) mass is 399 g/mol. The second kappa shape index (κ2) is 8.24. The molecule has 8 heteroatoms. The molecule has 1 atom stereocenters. The number of hydrogen-bond donors (Lipinski definition) is 3. The molecule has 0 spiro atoms. The Morgan fingerprint density at radius 3 is 2.28 bits per heavy atom. The van der Waals surface area contributed by atoms with Crippen molar-refractivity contribution >= 4 is 17.4 Å². The van der Waals surface area contributed by atoms with Gasteiger partial charge in [-0.25, -0.2) is 0 Å². The minimum Gasteiger partial charge on any atom is -0.508 e. The van der Waals surface area contributed by atoms with E-state index in [9.17, 15) is 24.9 Å². The van der Waals surface area contributed by atoms with E-state index in [1.165, 1.54) is 37.3 Å². The van der Waals surface area contributed by atoms with Crippen LogP contribution in [-0.4, -0.2) is 59.3 Å². The van der Waals surface area contributed by atoms with Crippen LogP contribution < -0.4 is 9.47 Å². The molecule has 3 rings (SSSR count). The zero-order chi connectivity index (χ0) is 21.1. The van der Waals surface area contributed by atoms with Gasteiger partial charge in [-0.05, 0) is 35.9 Å². The van der Waals surface area contributed by atoms with E-state index in [1.807, 2.05) is 0 Å². The zero-order valence-electron chi connectivity index (χ0n) is 16.0. The number of aromatic hydroxyl groups is 1. The van der Waals surface area contributed by atoms with Crippen molar-refractivity contribution in [1.82, 2.24) is 4.90 Å². The van der Waals surface area contributed by atoms with Gasteiger partial charge in [0.25, 0.3) is 11.7 Å². The summed E-state index contributed by atoms with van der Waals surface area (Å²) in [7, 11) is 2.92. The average molecular weight is 399 g/mol. The second-order valence-electron chi connectivity index (χ2n) is 6.38. The molecule has 2 aromatic rings. The predicted octanol–water partition coefficient (Wildman–Crippen LogP) is 1.82. The zero-order valence-corrected chi connectivity index (χ0v) is 16.0. The Morgan fingerprint density at radius 1 is 1.03 bits per heavy atom. The number of phenolic OH excluding ortho intramolecular Hbond substituents is 1. The third kappa shape index (κ3) is 3.62. The number of methoxy groups -OCH3 is 2. The third-order valence-electron chi connectivity index (χ3n) is 4.75. The SMILES string of the molecule is COc1ccc(C(O)=C2C(=O)C(=O)N(CCO)[C@@H]2c2ccc(O)cc2)cc1OC. The molecule has 0 aromatic heterocycles. The van der Waals surface area contributed by atoms with Gasteiger partial charge in [-0.15, -0.1) is 0 Å². The largest absolute Gasteiger partial charge is 0.508 e. The molecule has 0 unspecified atom stereocenters. The summed E-state index contributed by atoms with van der Waals surface area (Å²) in [5.74, 6) is -1.24. The van der Waals surface area contributed by atoms with Gasteiger partial charge >= 0.3 is 0 Å². The highest BCUT2D eigenvalue weighted by Gasteiger charge is 2.45. The van der Waals surface area contributed by atoms with Gasteiger partial charge in [-0.1, -0.05) is 12.1 Å². The molecule has 1 fully saturated rings. The first-order chi connectivity index (χ1) is 13.9. The van der Waals surface area contributed by atoms with E-state index in [-0.39, 0.29) is 35.8 Å². The third-order valence-corrected chi connectivity index (χ3v) is 4.75. The van der Waals surface area contributed by atoms with Gasteiger partial charge in [0, 0.05) is 12.1 Å². The molecule has 2 aromatic carbocycles. The Hall–Kier alpha value is -3.52. The number of carbonyl (C=O) groups is 2. The summed E-state index contributed by atoms with van der Waals surface area (Å²) < 4.78 is 10.4. The summed E-state index contributed by atoms with van der Waals surface area (Å²) in [6.45, 7) is -0.434. The van der Waals surface area contributed by atoms with Crippen molar-refractivity contribution in [2.24, 2.45) is 0 Å². The Balaban J connectivity index is 2.18. The van der Waals surface area contributed by atoms with Crippen LogP contribution in [-0.2, 0) is 9.59 Å². The number of ketones is 1. The van der Waals surface area contributed by atoms with Crippen molar-refractivity contribution < 1.29 is 34.4 Å². The van der Waals surface area contributed by atoms with Crippen LogP contribution in [0.3, 0.4) is 0 Å². The maximum absolute atomic E-state index is 12.7. The van der Waals surface area contributed by atoms with Gasteiger partial charge in [-0.2, -0.15) is 0 Å². The second-order valence-corrected chi connectivity index (χ2v) is 6.38. The first kappa shape index (κ1) is 20.2. The molecule has 0 bridgehead atoms. The number of Topliss-reactive ketones (excluding diaryl/α,β-unsaturated/α-hetero) is 1. The van der Waals surface area contributed by atoms with Crippen LogP contribution in [0.2, 0.25) is 0 Å². The Labute approximate surface area is 167 Å². The van der Waals surface area contributed by atoms with E-state index in [0.29, 0.717) is 17.1 Å². The molecule has 152 valence electrons. The van der Waals surface area contributed by atoms with Gasteiger partial charge in [-0.3, -0.25) is 9.59 Å². The van der Waals surface area contributed by atoms with E-state index < -0.39 is 17.7 Å². The molecule has 1 saturated heterocycles. The molecule has 8 nitrogen and oxygen atoms in total. The van der Waals surface area contributed by atoms with Crippen LogP contribution in [0, 0.1) is 0 Å². The minimum absolute atomic E-state index is 0.0211. The topological polar surface area (TPSA) is 117 Å². The van der Waals surface area contributed by atoms with Crippen LogP contribution in [0.4, 0.5) is 0 Å². The summed E-state index contributed by atoms with van der Waals surface area (Å²) >= 11 is 0. The fourth-order valence-corrected chi connectivity index (χ4v) is 3.36. The lowest BCUT2D eigenvalue weighted by Gasteiger charge is -2.24. The normalized spacial score (nSPS) is 18.2. The van der Waals surface area contributed by atoms with E-state index in [0.717, 1.165) is 0 Å². The van der Waals surface area contributed by atoms with Crippen molar-refractivity contribution in [3.05, 3.63) is 59.2 Å². The number of aliphatic hydroxyl groups is 2. The predicted molar refractivity (Wildman–Crippen MR) is 104 cm³/mol. The van der Waals surface area contributed by atoms with Crippen molar-refractivity contribution in [2.75, 3.05) is 27.4 Å². The number of hydrogen-bond acceptors (Lipinski definition) is 7. The molecule has 1 amide bonds. The van der Waals surface area contributed by atoms with Crippen LogP contribution >= 0.6 is 0 Å². The van der Waals surface area contributed by atoms with Gasteiger partial charge in [0.05, 0.1) is 32.4 Å². The van der Waals surface area contributed by atoms with E-state index in [1.54, 1.807) is 24.3 Å². The molecular formula is C21H21NO7. The van der Waals surface area contributed by atoms with Gasteiger partial charge in [0.2, 0.25) is 0 Å². The number of benzene rings is 2. The molecule has 29 heavy (non-hydrogen) atoms. The Morgan fingerprint density at radius 2 is 1.69 bits per heavy atom. The fraction of sp³-hybridized carbons (Fsp3) is 0.238. The van der Waals surface area contributed by atoms with Crippen LogP contribution in [0.1, 0.15) is 17.2 Å². The summed E-state index contributed by atoms with van der Waals surface area (Å²) in [6.07, 6.45) is 0. The number of β-amino-alcohol motifs (C(OH)–C–C–N with tert-alkyl or cyclic N) is 1. The number of aliphatic hydroxyl groups excluding tert-OH is 2. The van der Waals surface area contributed by atoms with Crippen LogP contribution in [0.5, 0.6) is 17.2 Å².